The molecule has 4 heterocycles. The number of hydrogen-bond donors (Lipinski definition) is 0. The Labute approximate surface area is 174 Å². The molecule has 0 N–H and O–H groups in total. The minimum Gasteiger partial charge on any atom is -0.481 e. The third kappa shape index (κ3) is 4.01. The number of rotatable bonds is 5. The number of carbonyl (C=O) groups is 1. The van der Waals surface area contributed by atoms with Gasteiger partial charge in [0.2, 0.25) is 23.6 Å². The molecule has 2 aromatic heterocycles. The molecule has 29 heavy (non-hydrogen) atoms. The highest BCUT2D eigenvalue weighted by molar-refractivity contribution is 7.09. The molecule has 4 rings (SSSR count). The van der Waals surface area contributed by atoms with Gasteiger partial charge in [0.1, 0.15) is 0 Å². The van der Waals surface area contributed by atoms with Crippen LogP contribution in [0.4, 0.5) is 5.95 Å². The fraction of sp³-hybridized carbons (Fsp3) is 0.600. The van der Waals surface area contributed by atoms with Crippen molar-refractivity contribution in [2.75, 3.05) is 32.2 Å². The third-order valence-electron chi connectivity index (χ3n) is 5.95. The van der Waals surface area contributed by atoms with Crippen molar-refractivity contribution >= 4 is 23.2 Å². The van der Waals surface area contributed by atoms with E-state index in [4.69, 9.17) is 9.47 Å². The Kier molecular flexibility index (Phi) is 5.58. The Hall–Kier alpha value is -2.42. The quantitative estimate of drug-likeness (QED) is 0.740. The first-order valence-corrected chi connectivity index (χ1v) is 10.8. The molecule has 9 heteroatoms. The summed E-state index contributed by atoms with van der Waals surface area (Å²) in [4.78, 5) is 30.6. The van der Waals surface area contributed by atoms with Gasteiger partial charge in [-0.05, 0) is 32.6 Å². The SMILES string of the molecule is COc1cc(OC)nc(N2CCCC3(CCC(=O)N3Cc3csc(C)n3)CC2)n1. The van der Waals surface area contributed by atoms with Crippen LogP contribution in [0, 0.1) is 6.92 Å². The first kappa shape index (κ1) is 19.9. The van der Waals surface area contributed by atoms with Crippen molar-refractivity contribution in [3.8, 4) is 11.8 Å². The Balaban J connectivity index is 1.53. The molecule has 1 amide bonds. The van der Waals surface area contributed by atoms with Crippen LogP contribution in [-0.2, 0) is 11.3 Å². The lowest BCUT2D eigenvalue weighted by atomic mass is 9.87. The summed E-state index contributed by atoms with van der Waals surface area (Å²) < 4.78 is 10.6. The summed E-state index contributed by atoms with van der Waals surface area (Å²) >= 11 is 1.64. The monoisotopic (exact) mass is 417 g/mol. The van der Waals surface area contributed by atoms with Crippen molar-refractivity contribution in [1.82, 2.24) is 19.9 Å². The minimum absolute atomic E-state index is 0.105. The van der Waals surface area contributed by atoms with Gasteiger partial charge in [0.05, 0.1) is 37.5 Å². The van der Waals surface area contributed by atoms with Crippen molar-refractivity contribution < 1.29 is 14.3 Å². The molecule has 0 saturated carbocycles. The van der Waals surface area contributed by atoms with E-state index in [1.807, 2.05) is 6.92 Å². The molecule has 1 atom stereocenters. The molecule has 1 spiro atoms. The number of aromatic nitrogens is 3. The molecule has 2 saturated heterocycles. The lowest BCUT2D eigenvalue weighted by Crippen LogP contribution is -2.46. The van der Waals surface area contributed by atoms with Crippen LogP contribution in [0.25, 0.3) is 0 Å². The summed E-state index contributed by atoms with van der Waals surface area (Å²) in [7, 11) is 3.18. The molecule has 2 aromatic rings. The zero-order valence-corrected chi connectivity index (χ0v) is 18.0. The van der Waals surface area contributed by atoms with Gasteiger partial charge in [-0.3, -0.25) is 4.79 Å². The number of carbonyl (C=O) groups excluding carboxylic acids is 1. The molecule has 1 unspecified atom stereocenters. The van der Waals surface area contributed by atoms with Gasteiger partial charge in [0.25, 0.3) is 0 Å². The molecule has 0 aromatic carbocycles. The van der Waals surface area contributed by atoms with Gasteiger partial charge >= 0.3 is 0 Å². The van der Waals surface area contributed by atoms with Crippen molar-refractivity contribution in [2.45, 2.75) is 51.1 Å². The van der Waals surface area contributed by atoms with Gasteiger partial charge in [-0.15, -0.1) is 11.3 Å². The fourth-order valence-corrected chi connectivity index (χ4v) is 5.02. The summed E-state index contributed by atoms with van der Waals surface area (Å²) in [6.45, 7) is 4.24. The van der Waals surface area contributed by atoms with Crippen molar-refractivity contribution in [3.63, 3.8) is 0 Å². The largest absolute Gasteiger partial charge is 0.481 e. The zero-order chi connectivity index (χ0) is 20.4. The maximum atomic E-state index is 12.7. The first-order chi connectivity index (χ1) is 14.0. The molecule has 0 aliphatic carbocycles. The second-order valence-corrected chi connectivity index (χ2v) is 8.72. The summed E-state index contributed by atoms with van der Waals surface area (Å²) in [6.07, 6.45) is 4.38. The normalized spacial score (nSPS) is 22.2. The van der Waals surface area contributed by atoms with E-state index in [1.54, 1.807) is 31.6 Å². The number of hydrogen-bond acceptors (Lipinski definition) is 8. The van der Waals surface area contributed by atoms with Gasteiger partial charge in [0.15, 0.2) is 0 Å². The van der Waals surface area contributed by atoms with Crippen molar-refractivity contribution in [3.05, 3.63) is 22.1 Å². The van der Waals surface area contributed by atoms with E-state index in [1.165, 1.54) is 0 Å². The third-order valence-corrected chi connectivity index (χ3v) is 6.77. The van der Waals surface area contributed by atoms with Crippen molar-refractivity contribution in [2.24, 2.45) is 0 Å². The Morgan fingerprint density at radius 2 is 1.86 bits per heavy atom. The maximum Gasteiger partial charge on any atom is 0.231 e. The highest BCUT2D eigenvalue weighted by Gasteiger charge is 2.46. The van der Waals surface area contributed by atoms with Crippen LogP contribution >= 0.6 is 11.3 Å². The van der Waals surface area contributed by atoms with E-state index >= 15 is 0 Å². The molecule has 2 aliphatic rings. The summed E-state index contributed by atoms with van der Waals surface area (Å²) in [5.41, 5.74) is 0.885. The second kappa shape index (κ2) is 8.14. The van der Waals surface area contributed by atoms with Gasteiger partial charge in [-0.25, -0.2) is 4.98 Å². The van der Waals surface area contributed by atoms with E-state index < -0.39 is 0 Å². The van der Waals surface area contributed by atoms with Crippen LogP contribution in [0.3, 0.4) is 0 Å². The number of methoxy groups -OCH3 is 2. The molecule has 8 nitrogen and oxygen atoms in total. The van der Waals surface area contributed by atoms with Crippen LogP contribution in [-0.4, -0.2) is 58.6 Å². The maximum absolute atomic E-state index is 12.7. The summed E-state index contributed by atoms with van der Waals surface area (Å²) in [5, 5.41) is 3.10. The zero-order valence-electron chi connectivity index (χ0n) is 17.2. The highest BCUT2D eigenvalue weighted by Crippen LogP contribution is 2.40. The number of ether oxygens (including phenoxy) is 2. The first-order valence-electron chi connectivity index (χ1n) is 9.96. The smallest absolute Gasteiger partial charge is 0.231 e. The fourth-order valence-electron chi connectivity index (χ4n) is 4.41. The Morgan fingerprint density at radius 1 is 1.10 bits per heavy atom. The second-order valence-electron chi connectivity index (χ2n) is 7.66. The number of thiazole rings is 1. The Bertz CT molecular complexity index is 867. The van der Waals surface area contributed by atoms with Crippen molar-refractivity contribution in [1.29, 1.82) is 0 Å². The van der Waals surface area contributed by atoms with E-state index in [-0.39, 0.29) is 11.4 Å². The standard InChI is InChI=1S/C20H27N5O3S/c1-14-21-15(13-29-14)12-25-18(26)5-7-20(25)6-4-9-24(10-8-20)19-22-16(27-2)11-17(23-19)28-3/h11,13H,4-10,12H2,1-3H3. The number of anilines is 1. The molecular formula is C20H27N5O3S. The summed E-state index contributed by atoms with van der Waals surface area (Å²) in [5.74, 6) is 1.83. The highest BCUT2D eigenvalue weighted by atomic mass is 32.1. The lowest BCUT2D eigenvalue weighted by Gasteiger charge is -2.38. The van der Waals surface area contributed by atoms with E-state index in [2.05, 4.69) is 30.1 Å². The number of amides is 1. The predicted molar refractivity (Wildman–Crippen MR) is 111 cm³/mol. The van der Waals surface area contributed by atoms with Gasteiger partial charge in [-0.2, -0.15) is 9.97 Å². The minimum atomic E-state index is -0.105. The van der Waals surface area contributed by atoms with E-state index in [9.17, 15) is 4.79 Å². The molecular weight excluding hydrogens is 390 g/mol. The van der Waals surface area contributed by atoms with E-state index in [0.29, 0.717) is 30.7 Å². The number of nitrogens with zero attached hydrogens (tertiary/aromatic N) is 5. The summed E-state index contributed by atoms with van der Waals surface area (Å²) in [6, 6.07) is 1.68. The number of likely N-dealkylation sites (tertiary alicyclic amines) is 1. The average molecular weight is 418 g/mol. The van der Waals surface area contributed by atoms with Crippen LogP contribution in [0.2, 0.25) is 0 Å². The van der Waals surface area contributed by atoms with Crippen LogP contribution in [0.15, 0.2) is 11.4 Å². The van der Waals surface area contributed by atoms with Crippen LogP contribution < -0.4 is 14.4 Å². The topological polar surface area (TPSA) is 80.7 Å². The van der Waals surface area contributed by atoms with Crippen LogP contribution in [0.1, 0.15) is 42.8 Å². The number of aryl methyl sites for hydroxylation is 1. The molecule has 2 aliphatic heterocycles. The Morgan fingerprint density at radius 3 is 2.52 bits per heavy atom. The lowest BCUT2D eigenvalue weighted by molar-refractivity contribution is -0.132. The predicted octanol–water partition coefficient (Wildman–Crippen LogP) is 2.81. The van der Waals surface area contributed by atoms with Gasteiger partial charge in [0, 0.05) is 30.4 Å². The van der Waals surface area contributed by atoms with Gasteiger partial charge < -0.3 is 19.3 Å². The molecule has 0 bridgehead atoms. The molecule has 0 radical (unpaired) electrons. The van der Waals surface area contributed by atoms with Crippen LogP contribution in [0.5, 0.6) is 11.8 Å². The van der Waals surface area contributed by atoms with Gasteiger partial charge in [-0.1, -0.05) is 0 Å². The molecule has 156 valence electrons. The molecule has 2 fully saturated rings. The van der Waals surface area contributed by atoms with E-state index in [0.717, 1.165) is 49.5 Å². The average Bonchev–Trinajstić information content (AvgIpc) is 3.19.